The van der Waals surface area contributed by atoms with Crippen LogP contribution in [0.2, 0.25) is 0 Å². The number of carbonyl (C=O) groups is 2. The summed E-state index contributed by atoms with van der Waals surface area (Å²) >= 11 is 0. The average Bonchev–Trinajstić information content (AvgIpc) is 2.99. The molecule has 0 unspecified atom stereocenters. The van der Waals surface area contributed by atoms with Crippen LogP contribution in [0.1, 0.15) is 44.1 Å². The van der Waals surface area contributed by atoms with E-state index in [-0.39, 0.29) is 23.4 Å². The number of nitrogens with one attached hydrogen (secondary N) is 1. The minimum Gasteiger partial charge on any atom is -0.494 e. The molecule has 2 amide bonds. The summed E-state index contributed by atoms with van der Waals surface area (Å²) in [7, 11) is 3.19. The largest absolute Gasteiger partial charge is 0.494 e. The van der Waals surface area contributed by atoms with Crippen LogP contribution in [-0.4, -0.2) is 72.4 Å². The summed E-state index contributed by atoms with van der Waals surface area (Å²) in [5, 5.41) is 7.26. The first-order valence-corrected chi connectivity index (χ1v) is 13.6. The zero-order valence-corrected chi connectivity index (χ0v) is 22.9. The van der Waals surface area contributed by atoms with Gasteiger partial charge in [-0.25, -0.2) is 5.01 Å². The van der Waals surface area contributed by atoms with Crippen molar-refractivity contribution < 1.29 is 23.8 Å². The second-order valence-electron chi connectivity index (χ2n) is 9.99. The second-order valence-corrected chi connectivity index (χ2v) is 9.99. The molecule has 1 saturated heterocycles. The van der Waals surface area contributed by atoms with Gasteiger partial charge in [-0.15, -0.1) is 0 Å². The molecule has 1 N–H and O–H groups in total. The van der Waals surface area contributed by atoms with Gasteiger partial charge in [0.25, 0.3) is 0 Å². The highest BCUT2D eigenvalue weighted by atomic mass is 16.5. The van der Waals surface area contributed by atoms with E-state index in [9.17, 15) is 14.4 Å². The van der Waals surface area contributed by atoms with Crippen molar-refractivity contribution in [1.82, 2.24) is 14.9 Å². The molecular formula is C30H34N4O6. The van der Waals surface area contributed by atoms with Gasteiger partial charge in [-0.3, -0.25) is 14.4 Å². The van der Waals surface area contributed by atoms with E-state index in [0.29, 0.717) is 75.5 Å². The minimum absolute atomic E-state index is 0.0196. The number of aromatic amines is 1. The van der Waals surface area contributed by atoms with Crippen LogP contribution in [0.15, 0.2) is 58.4 Å². The lowest BCUT2D eigenvalue weighted by Gasteiger charge is -2.37. The molecule has 0 spiro atoms. The van der Waals surface area contributed by atoms with Gasteiger partial charge in [0.15, 0.2) is 11.5 Å². The summed E-state index contributed by atoms with van der Waals surface area (Å²) in [6.07, 6.45) is 3.36. The van der Waals surface area contributed by atoms with E-state index in [4.69, 9.17) is 19.3 Å². The van der Waals surface area contributed by atoms with Crippen molar-refractivity contribution in [2.45, 2.75) is 44.6 Å². The van der Waals surface area contributed by atoms with Crippen LogP contribution < -0.4 is 19.8 Å². The van der Waals surface area contributed by atoms with Gasteiger partial charge < -0.3 is 24.1 Å². The van der Waals surface area contributed by atoms with Crippen LogP contribution in [0.3, 0.4) is 0 Å². The predicted molar refractivity (Wildman–Crippen MR) is 151 cm³/mol. The third-order valence-electron chi connectivity index (χ3n) is 7.44. The molecule has 0 aliphatic carbocycles. The standard InChI is InChI=1S/C30H34N4O6/c1-38-26-10-5-21(19-27(26)39-2)25-9-12-30(37)34(32-25)22-13-15-33(16-14-22)29(36)4-3-17-40-23-7-8-24-20(18-23)6-11-28(35)31-24/h5-8,10-11,18-19,22H,3-4,9,12-17H2,1-2H3,(H,31,35). The number of methoxy groups -OCH3 is 2. The Kier molecular flexibility index (Phi) is 8.33. The number of pyridine rings is 1. The number of benzene rings is 2. The van der Waals surface area contributed by atoms with Gasteiger partial charge in [0.05, 0.1) is 32.6 Å². The molecule has 5 rings (SSSR count). The lowest BCUT2D eigenvalue weighted by molar-refractivity contribution is -0.137. The Labute approximate surface area is 232 Å². The van der Waals surface area contributed by atoms with E-state index in [1.807, 2.05) is 41.3 Å². The fourth-order valence-corrected chi connectivity index (χ4v) is 5.23. The van der Waals surface area contributed by atoms with E-state index >= 15 is 0 Å². The summed E-state index contributed by atoms with van der Waals surface area (Å²) in [5.41, 5.74) is 2.37. The monoisotopic (exact) mass is 546 g/mol. The average molecular weight is 547 g/mol. The Balaban J connectivity index is 1.11. The topological polar surface area (TPSA) is 114 Å². The molecule has 0 radical (unpaired) electrons. The smallest absolute Gasteiger partial charge is 0.248 e. The molecule has 0 bridgehead atoms. The molecule has 2 aromatic carbocycles. The maximum atomic E-state index is 12.8. The van der Waals surface area contributed by atoms with Crippen molar-refractivity contribution in [3.05, 3.63) is 64.4 Å². The van der Waals surface area contributed by atoms with Crippen LogP contribution in [-0.2, 0) is 9.59 Å². The van der Waals surface area contributed by atoms with Gasteiger partial charge >= 0.3 is 0 Å². The number of carbonyl (C=O) groups excluding carboxylic acids is 2. The van der Waals surface area contributed by atoms with Crippen molar-refractivity contribution in [3.8, 4) is 17.2 Å². The van der Waals surface area contributed by atoms with Crippen LogP contribution in [0.5, 0.6) is 17.2 Å². The quantitative estimate of drug-likeness (QED) is 0.409. The first-order chi connectivity index (χ1) is 19.4. The molecule has 10 heteroatoms. The summed E-state index contributed by atoms with van der Waals surface area (Å²) in [4.78, 5) is 41.7. The van der Waals surface area contributed by atoms with Crippen LogP contribution in [0, 0.1) is 0 Å². The summed E-state index contributed by atoms with van der Waals surface area (Å²) in [6.45, 7) is 1.61. The summed E-state index contributed by atoms with van der Waals surface area (Å²) in [6, 6.07) is 14.4. The number of hydrogen-bond acceptors (Lipinski definition) is 7. The maximum absolute atomic E-state index is 12.8. The van der Waals surface area contributed by atoms with Crippen LogP contribution in [0.4, 0.5) is 0 Å². The predicted octanol–water partition coefficient (Wildman–Crippen LogP) is 3.72. The number of rotatable bonds is 9. The molecule has 40 heavy (non-hydrogen) atoms. The first kappa shape index (κ1) is 27.2. The van der Waals surface area contributed by atoms with Crippen molar-refractivity contribution in [2.75, 3.05) is 33.9 Å². The number of piperidine rings is 1. The summed E-state index contributed by atoms with van der Waals surface area (Å²) < 4.78 is 16.6. The molecule has 210 valence electrons. The third-order valence-corrected chi connectivity index (χ3v) is 7.44. The number of hydrogen-bond donors (Lipinski definition) is 1. The Morgan fingerprint density at radius 2 is 1.77 bits per heavy atom. The van der Waals surface area contributed by atoms with Crippen molar-refractivity contribution >= 4 is 28.4 Å². The number of likely N-dealkylation sites (tertiary alicyclic amines) is 1. The van der Waals surface area contributed by atoms with Gasteiger partial charge in [0, 0.05) is 54.9 Å². The lowest BCUT2D eigenvalue weighted by Crippen LogP contribution is -2.48. The molecule has 2 aliphatic heterocycles. The molecule has 10 nitrogen and oxygen atoms in total. The number of ether oxygens (including phenoxy) is 3. The van der Waals surface area contributed by atoms with Gasteiger partial charge in [-0.1, -0.05) is 0 Å². The van der Waals surface area contributed by atoms with E-state index < -0.39 is 0 Å². The van der Waals surface area contributed by atoms with E-state index in [0.717, 1.165) is 22.2 Å². The van der Waals surface area contributed by atoms with Crippen molar-refractivity contribution in [3.63, 3.8) is 0 Å². The lowest BCUT2D eigenvalue weighted by atomic mass is 10.00. The van der Waals surface area contributed by atoms with Gasteiger partial charge in [-0.05, 0) is 61.7 Å². The van der Waals surface area contributed by atoms with E-state index in [1.54, 1.807) is 25.3 Å². The molecule has 0 atom stereocenters. The van der Waals surface area contributed by atoms with Gasteiger partial charge in [-0.2, -0.15) is 5.10 Å². The Bertz CT molecular complexity index is 1470. The molecule has 1 fully saturated rings. The number of fused-ring (bicyclic) bond motifs is 1. The molecule has 2 aliphatic rings. The normalized spacial score (nSPS) is 16.1. The highest BCUT2D eigenvalue weighted by molar-refractivity contribution is 6.04. The minimum atomic E-state index is -0.140. The highest BCUT2D eigenvalue weighted by Gasteiger charge is 2.32. The molecule has 1 aromatic heterocycles. The zero-order chi connectivity index (χ0) is 28.1. The van der Waals surface area contributed by atoms with Gasteiger partial charge in [0.1, 0.15) is 5.75 Å². The fourth-order valence-electron chi connectivity index (χ4n) is 5.23. The van der Waals surface area contributed by atoms with E-state index in [2.05, 4.69) is 4.98 Å². The first-order valence-electron chi connectivity index (χ1n) is 13.6. The fraction of sp³-hybridized carbons (Fsp3) is 0.400. The molecule has 3 heterocycles. The maximum Gasteiger partial charge on any atom is 0.248 e. The Hall–Kier alpha value is -4.34. The molecule has 3 aromatic rings. The number of amides is 2. The zero-order valence-electron chi connectivity index (χ0n) is 22.9. The van der Waals surface area contributed by atoms with Crippen LogP contribution in [0.25, 0.3) is 10.9 Å². The molecular weight excluding hydrogens is 512 g/mol. The SMILES string of the molecule is COc1ccc(C2=NN(C3CCN(C(=O)CCCOc4ccc5[nH]c(=O)ccc5c4)CC3)C(=O)CC2)cc1OC. The van der Waals surface area contributed by atoms with E-state index in [1.165, 1.54) is 6.07 Å². The number of nitrogens with zero attached hydrogens (tertiary/aromatic N) is 3. The second kappa shape index (κ2) is 12.2. The number of H-pyrrole nitrogens is 1. The number of hydrazone groups is 1. The highest BCUT2D eigenvalue weighted by Crippen LogP contribution is 2.30. The van der Waals surface area contributed by atoms with Crippen molar-refractivity contribution in [1.29, 1.82) is 0 Å². The molecule has 0 saturated carbocycles. The Morgan fingerprint density at radius 1 is 0.975 bits per heavy atom. The Morgan fingerprint density at radius 3 is 2.55 bits per heavy atom. The van der Waals surface area contributed by atoms with Crippen LogP contribution >= 0.6 is 0 Å². The summed E-state index contributed by atoms with van der Waals surface area (Å²) in [5.74, 6) is 2.08. The van der Waals surface area contributed by atoms with Crippen molar-refractivity contribution in [2.24, 2.45) is 5.10 Å². The number of aromatic nitrogens is 1. The van der Waals surface area contributed by atoms with Gasteiger partial charge in [0.2, 0.25) is 17.4 Å². The third kappa shape index (κ3) is 6.11.